The number of sulfonamides is 1. The molecule has 0 radical (unpaired) electrons. The molecule has 0 spiro atoms. The van der Waals surface area contributed by atoms with Crippen molar-refractivity contribution in [1.29, 1.82) is 5.26 Å². The molecule has 1 aromatic heterocycles. The zero-order valence-corrected chi connectivity index (χ0v) is 14.1. The van der Waals surface area contributed by atoms with Gasteiger partial charge in [-0.1, -0.05) is 11.6 Å². The van der Waals surface area contributed by atoms with Crippen molar-refractivity contribution in [3.63, 3.8) is 0 Å². The van der Waals surface area contributed by atoms with Crippen molar-refractivity contribution >= 4 is 38.2 Å². The van der Waals surface area contributed by atoms with Gasteiger partial charge in [-0.3, -0.25) is 4.98 Å². The van der Waals surface area contributed by atoms with Crippen molar-refractivity contribution in [2.45, 2.75) is 0 Å². The number of pyridine rings is 1. The molecule has 23 heavy (non-hydrogen) atoms. The third-order valence-corrected chi connectivity index (χ3v) is 5.48. The molecule has 120 valence electrons. The summed E-state index contributed by atoms with van der Waals surface area (Å²) in [6, 6.07) is 7.53. The molecule has 1 aliphatic rings. The Labute approximate surface area is 139 Å². The van der Waals surface area contributed by atoms with E-state index in [9.17, 15) is 13.7 Å². The first kappa shape index (κ1) is 16.0. The Hall–Kier alpha value is -1.88. The predicted molar refractivity (Wildman–Crippen MR) is 90.1 cm³/mol. The Bertz CT molecular complexity index is 900. The van der Waals surface area contributed by atoms with Crippen molar-refractivity contribution in [3.8, 4) is 6.07 Å². The maximum absolute atomic E-state index is 11.6. The minimum atomic E-state index is -3.19. The number of fused-ring (bicyclic) bond motifs is 1. The van der Waals surface area contributed by atoms with E-state index in [0.29, 0.717) is 36.8 Å². The highest BCUT2D eigenvalue weighted by molar-refractivity contribution is 7.88. The fraction of sp³-hybridized carbons (Fsp3) is 0.333. The van der Waals surface area contributed by atoms with E-state index in [-0.39, 0.29) is 0 Å². The van der Waals surface area contributed by atoms with Gasteiger partial charge in [-0.25, -0.2) is 8.42 Å². The van der Waals surface area contributed by atoms with Gasteiger partial charge in [-0.15, -0.1) is 0 Å². The summed E-state index contributed by atoms with van der Waals surface area (Å²) < 4.78 is 24.7. The predicted octanol–water partition coefficient (Wildman–Crippen LogP) is 1.84. The van der Waals surface area contributed by atoms with Crippen LogP contribution in [-0.2, 0) is 10.0 Å². The van der Waals surface area contributed by atoms with E-state index in [0.717, 1.165) is 16.6 Å². The van der Waals surface area contributed by atoms with E-state index in [1.807, 2.05) is 11.0 Å². The van der Waals surface area contributed by atoms with E-state index >= 15 is 0 Å². The minimum absolute atomic E-state index is 0.397. The minimum Gasteiger partial charge on any atom is -0.367 e. The summed E-state index contributed by atoms with van der Waals surface area (Å²) in [4.78, 5) is 6.32. The summed E-state index contributed by atoms with van der Waals surface area (Å²) >= 11 is 6.09. The third kappa shape index (κ3) is 3.11. The van der Waals surface area contributed by atoms with Crippen LogP contribution in [0.3, 0.4) is 0 Å². The highest BCUT2D eigenvalue weighted by Gasteiger charge is 2.26. The maximum Gasteiger partial charge on any atom is 0.211 e. The zero-order chi connectivity index (χ0) is 16.6. The molecule has 3 rings (SSSR count). The second-order valence-corrected chi connectivity index (χ2v) is 7.86. The number of anilines is 1. The molecule has 2 heterocycles. The SMILES string of the molecule is CS(=O)(=O)N1CCN(c2c(C#N)cnc3ccc(Cl)cc23)CC1. The highest BCUT2D eigenvalue weighted by atomic mass is 35.5. The number of piperazine rings is 1. The van der Waals surface area contributed by atoms with E-state index in [1.165, 1.54) is 10.6 Å². The average molecular weight is 351 g/mol. The van der Waals surface area contributed by atoms with Crippen LogP contribution in [-0.4, -0.2) is 50.1 Å². The smallest absolute Gasteiger partial charge is 0.211 e. The van der Waals surface area contributed by atoms with Crippen molar-refractivity contribution in [2.75, 3.05) is 37.3 Å². The first-order chi connectivity index (χ1) is 10.9. The lowest BCUT2D eigenvalue weighted by atomic mass is 10.1. The van der Waals surface area contributed by atoms with E-state index < -0.39 is 10.0 Å². The van der Waals surface area contributed by atoms with Crippen molar-refractivity contribution in [3.05, 3.63) is 35.0 Å². The Kier molecular flexibility index (Phi) is 4.15. The van der Waals surface area contributed by atoms with Gasteiger partial charge in [-0.05, 0) is 18.2 Å². The Morgan fingerprint density at radius 1 is 1.26 bits per heavy atom. The van der Waals surface area contributed by atoms with Crippen LogP contribution >= 0.6 is 11.6 Å². The second-order valence-electron chi connectivity index (χ2n) is 5.44. The standard InChI is InChI=1S/C15H15ClN4O2S/c1-23(21,22)20-6-4-19(5-7-20)15-11(9-17)10-18-14-3-2-12(16)8-13(14)15/h2-3,8,10H,4-7H2,1H3. The third-order valence-electron chi connectivity index (χ3n) is 3.95. The van der Waals surface area contributed by atoms with Gasteiger partial charge in [0, 0.05) is 42.8 Å². The molecule has 1 fully saturated rings. The van der Waals surface area contributed by atoms with Crippen LogP contribution in [0.5, 0.6) is 0 Å². The van der Waals surface area contributed by atoms with Crippen molar-refractivity contribution in [1.82, 2.24) is 9.29 Å². The molecule has 0 N–H and O–H groups in total. The Morgan fingerprint density at radius 3 is 2.57 bits per heavy atom. The monoisotopic (exact) mass is 350 g/mol. The maximum atomic E-state index is 11.6. The first-order valence-electron chi connectivity index (χ1n) is 7.08. The lowest BCUT2D eigenvalue weighted by Crippen LogP contribution is -2.48. The van der Waals surface area contributed by atoms with Gasteiger partial charge in [0.25, 0.3) is 0 Å². The average Bonchev–Trinajstić information content (AvgIpc) is 2.53. The summed E-state index contributed by atoms with van der Waals surface area (Å²) in [5.74, 6) is 0. The summed E-state index contributed by atoms with van der Waals surface area (Å²) in [5, 5.41) is 10.8. The van der Waals surface area contributed by atoms with Gasteiger partial charge >= 0.3 is 0 Å². The van der Waals surface area contributed by atoms with Gasteiger partial charge in [-0.2, -0.15) is 9.57 Å². The number of halogens is 1. The number of nitrogens with zero attached hydrogens (tertiary/aromatic N) is 4. The summed E-state index contributed by atoms with van der Waals surface area (Å²) in [6.07, 6.45) is 2.76. The molecule has 0 saturated carbocycles. The van der Waals surface area contributed by atoms with Crippen LogP contribution in [0.15, 0.2) is 24.4 Å². The molecule has 0 bridgehead atoms. The fourth-order valence-electron chi connectivity index (χ4n) is 2.82. The molecule has 1 aliphatic heterocycles. The van der Waals surface area contributed by atoms with Crippen LogP contribution < -0.4 is 4.90 Å². The van der Waals surface area contributed by atoms with E-state index in [2.05, 4.69) is 11.1 Å². The lowest BCUT2D eigenvalue weighted by Gasteiger charge is -2.35. The molecular formula is C15H15ClN4O2S. The van der Waals surface area contributed by atoms with E-state index in [1.54, 1.807) is 18.3 Å². The molecular weight excluding hydrogens is 336 g/mol. The highest BCUT2D eigenvalue weighted by Crippen LogP contribution is 2.32. The first-order valence-corrected chi connectivity index (χ1v) is 9.31. The largest absolute Gasteiger partial charge is 0.367 e. The summed E-state index contributed by atoms with van der Waals surface area (Å²) in [5.41, 5.74) is 2.00. The summed E-state index contributed by atoms with van der Waals surface area (Å²) in [6.45, 7) is 1.84. The molecule has 2 aromatic rings. The van der Waals surface area contributed by atoms with Crippen LogP contribution in [0.4, 0.5) is 5.69 Å². The van der Waals surface area contributed by atoms with Gasteiger partial charge in [0.15, 0.2) is 0 Å². The zero-order valence-electron chi connectivity index (χ0n) is 12.5. The fourth-order valence-corrected chi connectivity index (χ4v) is 3.82. The van der Waals surface area contributed by atoms with Gasteiger partial charge in [0.1, 0.15) is 6.07 Å². The van der Waals surface area contributed by atoms with Crippen LogP contribution in [0, 0.1) is 11.3 Å². The lowest BCUT2D eigenvalue weighted by molar-refractivity contribution is 0.388. The number of hydrogen-bond acceptors (Lipinski definition) is 5. The van der Waals surface area contributed by atoms with Gasteiger partial charge < -0.3 is 4.90 Å². The Balaban J connectivity index is 2.03. The van der Waals surface area contributed by atoms with Crippen molar-refractivity contribution in [2.24, 2.45) is 0 Å². The molecule has 1 aromatic carbocycles. The second kappa shape index (κ2) is 5.96. The molecule has 1 saturated heterocycles. The molecule has 0 amide bonds. The number of hydrogen-bond donors (Lipinski definition) is 0. The van der Waals surface area contributed by atoms with Crippen molar-refractivity contribution < 1.29 is 8.42 Å². The molecule has 0 atom stereocenters. The Morgan fingerprint density at radius 2 is 1.96 bits per heavy atom. The van der Waals surface area contributed by atoms with Gasteiger partial charge in [0.05, 0.1) is 23.0 Å². The number of aromatic nitrogens is 1. The normalized spacial score (nSPS) is 16.5. The van der Waals surface area contributed by atoms with E-state index in [4.69, 9.17) is 11.6 Å². The number of rotatable bonds is 2. The van der Waals surface area contributed by atoms with Gasteiger partial charge in [0.2, 0.25) is 10.0 Å². The molecule has 0 aliphatic carbocycles. The van der Waals surface area contributed by atoms with Crippen LogP contribution in [0.1, 0.15) is 5.56 Å². The quantitative estimate of drug-likeness (QED) is 0.826. The number of nitriles is 1. The molecule has 8 heteroatoms. The van der Waals surface area contributed by atoms with Crippen LogP contribution in [0.2, 0.25) is 5.02 Å². The topological polar surface area (TPSA) is 77.3 Å². The molecule has 0 unspecified atom stereocenters. The summed E-state index contributed by atoms with van der Waals surface area (Å²) in [7, 11) is -3.19. The van der Waals surface area contributed by atoms with Crippen LogP contribution in [0.25, 0.3) is 10.9 Å². The number of benzene rings is 1. The molecule has 6 nitrogen and oxygen atoms in total.